The van der Waals surface area contributed by atoms with Gasteiger partial charge < -0.3 is 10.6 Å². The molecule has 0 aromatic heterocycles. The quantitative estimate of drug-likeness (QED) is 0.798. The van der Waals surface area contributed by atoms with E-state index in [4.69, 9.17) is 5.73 Å². The average Bonchev–Trinajstić information content (AvgIpc) is 2.17. The fourth-order valence-electron chi connectivity index (χ4n) is 2.96. The first-order valence-electron chi connectivity index (χ1n) is 6.82. The van der Waals surface area contributed by atoms with Crippen molar-refractivity contribution >= 4 is 0 Å². The molecule has 2 heteroatoms. The van der Waals surface area contributed by atoms with Gasteiger partial charge in [0.1, 0.15) is 0 Å². The molecule has 2 nitrogen and oxygen atoms in total. The third-order valence-electron chi connectivity index (χ3n) is 4.15. The summed E-state index contributed by atoms with van der Waals surface area (Å²) >= 11 is 0. The van der Waals surface area contributed by atoms with Crippen molar-refractivity contribution in [1.82, 2.24) is 4.90 Å². The molecular formula is C14H30N2. The van der Waals surface area contributed by atoms with Crippen LogP contribution in [0.25, 0.3) is 0 Å². The van der Waals surface area contributed by atoms with E-state index in [1.54, 1.807) is 0 Å². The van der Waals surface area contributed by atoms with Crippen LogP contribution in [0.5, 0.6) is 0 Å². The molecule has 0 atom stereocenters. The molecule has 1 fully saturated rings. The SMILES string of the molecule is CN(CCN)CC1CCC(C(C)(C)C)CC1. The molecular weight excluding hydrogens is 196 g/mol. The Balaban J connectivity index is 2.27. The Morgan fingerprint density at radius 3 is 2.12 bits per heavy atom. The number of hydrogen-bond acceptors (Lipinski definition) is 2. The summed E-state index contributed by atoms with van der Waals surface area (Å²) in [5.41, 5.74) is 6.08. The van der Waals surface area contributed by atoms with Gasteiger partial charge in [-0.05, 0) is 50.0 Å². The Labute approximate surface area is 102 Å². The molecule has 0 radical (unpaired) electrons. The second kappa shape index (κ2) is 6.02. The van der Waals surface area contributed by atoms with Crippen molar-refractivity contribution in [1.29, 1.82) is 0 Å². The van der Waals surface area contributed by atoms with E-state index in [-0.39, 0.29) is 0 Å². The van der Waals surface area contributed by atoms with Crippen LogP contribution in [0.2, 0.25) is 0 Å². The first kappa shape index (κ1) is 14.0. The summed E-state index contributed by atoms with van der Waals surface area (Å²) in [6.45, 7) is 10.2. The molecule has 0 saturated heterocycles. The molecule has 96 valence electrons. The van der Waals surface area contributed by atoms with Crippen LogP contribution in [0.4, 0.5) is 0 Å². The van der Waals surface area contributed by atoms with Crippen molar-refractivity contribution in [2.75, 3.05) is 26.7 Å². The highest BCUT2D eigenvalue weighted by atomic mass is 15.1. The standard InChI is InChI=1S/C14H30N2/c1-14(2,3)13-7-5-12(6-8-13)11-16(4)10-9-15/h12-13H,5-11,15H2,1-4H3. The molecule has 0 amide bonds. The third-order valence-corrected chi connectivity index (χ3v) is 4.15. The van der Waals surface area contributed by atoms with Crippen molar-refractivity contribution in [2.24, 2.45) is 23.0 Å². The van der Waals surface area contributed by atoms with E-state index in [0.717, 1.165) is 24.9 Å². The number of rotatable bonds is 4. The summed E-state index contributed by atoms with van der Waals surface area (Å²) in [6, 6.07) is 0. The molecule has 0 aromatic carbocycles. The normalized spacial score (nSPS) is 27.4. The van der Waals surface area contributed by atoms with E-state index in [1.807, 2.05) is 0 Å². The summed E-state index contributed by atoms with van der Waals surface area (Å²) in [7, 11) is 2.20. The number of likely N-dealkylation sites (N-methyl/N-ethyl adjacent to an activating group) is 1. The lowest BCUT2D eigenvalue weighted by Gasteiger charge is -2.38. The second-order valence-electron chi connectivity index (χ2n) is 6.63. The van der Waals surface area contributed by atoms with E-state index in [2.05, 4.69) is 32.7 Å². The number of nitrogens with zero attached hydrogens (tertiary/aromatic N) is 1. The van der Waals surface area contributed by atoms with Crippen LogP contribution in [0.3, 0.4) is 0 Å². The first-order chi connectivity index (χ1) is 7.43. The Kier molecular flexibility index (Phi) is 5.26. The van der Waals surface area contributed by atoms with Gasteiger partial charge in [0, 0.05) is 19.6 Å². The van der Waals surface area contributed by atoms with Crippen LogP contribution in [0, 0.1) is 17.3 Å². The molecule has 16 heavy (non-hydrogen) atoms. The predicted octanol–water partition coefficient (Wildman–Crippen LogP) is 2.73. The molecule has 1 aliphatic carbocycles. The van der Waals surface area contributed by atoms with Crippen molar-refractivity contribution in [3.63, 3.8) is 0 Å². The zero-order valence-corrected chi connectivity index (χ0v) is 11.6. The molecule has 0 spiro atoms. The van der Waals surface area contributed by atoms with E-state index in [9.17, 15) is 0 Å². The van der Waals surface area contributed by atoms with Crippen LogP contribution in [-0.2, 0) is 0 Å². The molecule has 1 saturated carbocycles. The fraction of sp³-hybridized carbons (Fsp3) is 1.00. The van der Waals surface area contributed by atoms with E-state index >= 15 is 0 Å². The minimum Gasteiger partial charge on any atom is -0.329 e. The monoisotopic (exact) mass is 226 g/mol. The maximum Gasteiger partial charge on any atom is 0.0102 e. The van der Waals surface area contributed by atoms with Gasteiger partial charge in [-0.15, -0.1) is 0 Å². The minimum absolute atomic E-state index is 0.508. The number of hydrogen-bond donors (Lipinski definition) is 1. The fourth-order valence-corrected chi connectivity index (χ4v) is 2.96. The molecule has 0 aliphatic heterocycles. The zero-order chi connectivity index (χ0) is 12.2. The summed E-state index contributed by atoms with van der Waals surface area (Å²) < 4.78 is 0. The van der Waals surface area contributed by atoms with E-state index in [1.165, 1.54) is 32.2 Å². The van der Waals surface area contributed by atoms with Gasteiger partial charge in [-0.2, -0.15) is 0 Å². The van der Waals surface area contributed by atoms with Gasteiger partial charge in [0.05, 0.1) is 0 Å². The average molecular weight is 226 g/mol. The molecule has 2 N–H and O–H groups in total. The highest BCUT2D eigenvalue weighted by Crippen LogP contribution is 2.39. The molecule has 1 rings (SSSR count). The van der Waals surface area contributed by atoms with Crippen LogP contribution >= 0.6 is 0 Å². The van der Waals surface area contributed by atoms with E-state index < -0.39 is 0 Å². The summed E-state index contributed by atoms with van der Waals surface area (Å²) in [5.74, 6) is 1.85. The smallest absolute Gasteiger partial charge is 0.0102 e. The zero-order valence-electron chi connectivity index (χ0n) is 11.6. The van der Waals surface area contributed by atoms with Gasteiger partial charge in [0.25, 0.3) is 0 Å². The van der Waals surface area contributed by atoms with Gasteiger partial charge in [-0.25, -0.2) is 0 Å². The predicted molar refractivity (Wildman–Crippen MR) is 71.5 cm³/mol. The third kappa shape index (κ3) is 4.42. The Morgan fingerprint density at radius 2 is 1.69 bits per heavy atom. The second-order valence-corrected chi connectivity index (χ2v) is 6.63. The lowest BCUT2D eigenvalue weighted by Crippen LogP contribution is -2.34. The van der Waals surface area contributed by atoms with Gasteiger partial charge in [0.2, 0.25) is 0 Å². The Hall–Kier alpha value is -0.0800. The van der Waals surface area contributed by atoms with Crippen molar-refractivity contribution < 1.29 is 0 Å². The molecule has 1 aliphatic rings. The van der Waals surface area contributed by atoms with Crippen molar-refractivity contribution in [3.8, 4) is 0 Å². The summed E-state index contributed by atoms with van der Waals surface area (Å²) in [4.78, 5) is 2.39. The highest BCUT2D eigenvalue weighted by Gasteiger charge is 2.29. The lowest BCUT2D eigenvalue weighted by molar-refractivity contribution is 0.132. The Morgan fingerprint density at radius 1 is 1.12 bits per heavy atom. The Bertz CT molecular complexity index is 187. The lowest BCUT2D eigenvalue weighted by atomic mass is 9.70. The number of nitrogens with two attached hydrogens (primary N) is 1. The van der Waals surface area contributed by atoms with Gasteiger partial charge in [-0.1, -0.05) is 20.8 Å². The van der Waals surface area contributed by atoms with Crippen LogP contribution in [0.1, 0.15) is 46.5 Å². The van der Waals surface area contributed by atoms with Crippen LogP contribution < -0.4 is 5.73 Å². The molecule has 0 aromatic rings. The molecule has 0 bridgehead atoms. The van der Waals surface area contributed by atoms with Gasteiger partial charge >= 0.3 is 0 Å². The van der Waals surface area contributed by atoms with Gasteiger partial charge in [-0.3, -0.25) is 0 Å². The van der Waals surface area contributed by atoms with Crippen LogP contribution in [-0.4, -0.2) is 31.6 Å². The first-order valence-corrected chi connectivity index (χ1v) is 6.82. The van der Waals surface area contributed by atoms with Gasteiger partial charge in [0.15, 0.2) is 0 Å². The van der Waals surface area contributed by atoms with Crippen molar-refractivity contribution in [2.45, 2.75) is 46.5 Å². The summed E-state index contributed by atoms with van der Waals surface area (Å²) in [6.07, 6.45) is 5.67. The van der Waals surface area contributed by atoms with Crippen molar-refractivity contribution in [3.05, 3.63) is 0 Å². The maximum atomic E-state index is 5.57. The molecule has 0 unspecified atom stereocenters. The van der Waals surface area contributed by atoms with E-state index in [0.29, 0.717) is 5.41 Å². The largest absolute Gasteiger partial charge is 0.329 e. The molecule has 0 heterocycles. The summed E-state index contributed by atoms with van der Waals surface area (Å²) in [5, 5.41) is 0. The highest BCUT2D eigenvalue weighted by molar-refractivity contribution is 4.81. The maximum absolute atomic E-state index is 5.57. The topological polar surface area (TPSA) is 29.3 Å². The minimum atomic E-state index is 0.508. The van der Waals surface area contributed by atoms with Crippen LogP contribution in [0.15, 0.2) is 0 Å².